The molecule has 1 aliphatic heterocycles. The molecule has 1 fully saturated rings. The van der Waals surface area contributed by atoms with Gasteiger partial charge in [-0.3, -0.25) is 9.59 Å². The van der Waals surface area contributed by atoms with E-state index in [2.05, 4.69) is 0 Å². The van der Waals surface area contributed by atoms with Crippen molar-refractivity contribution in [3.05, 3.63) is 0 Å². The molecule has 8 nitrogen and oxygen atoms in total. The molecule has 0 bridgehead atoms. The minimum absolute atomic E-state index is 0.0169. The Morgan fingerprint density at radius 3 is 2.04 bits per heavy atom. The highest BCUT2D eigenvalue weighted by molar-refractivity contribution is 5.78. The van der Waals surface area contributed by atoms with E-state index in [0.717, 1.165) is 6.54 Å². The summed E-state index contributed by atoms with van der Waals surface area (Å²) in [7, 11) is 3.90. The summed E-state index contributed by atoms with van der Waals surface area (Å²) >= 11 is 0. The maximum absolute atomic E-state index is 12.3. The molecule has 0 spiro atoms. The third-order valence-corrected chi connectivity index (χ3v) is 4.02. The topological polar surface area (TPSA) is 73.4 Å². The zero-order chi connectivity index (χ0) is 18.1. The summed E-state index contributed by atoms with van der Waals surface area (Å²) in [4.78, 5) is 42.7. The van der Waals surface area contributed by atoms with Crippen LogP contribution in [0, 0.1) is 0 Å². The Labute approximate surface area is 144 Å². The minimum Gasteiger partial charge on any atom is -0.450 e. The largest absolute Gasteiger partial charge is 0.450 e. The van der Waals surface area contributed by atoms with E-state index in [1.54, 1.807) is 21.6 Å². The fraction of sp³-hybridized carbons (Fsp3) is 0.812. The number of nitrogens with zero attached hydrogens (tertiary/aromatic N) is 4. The molecule has 0 aliphatic carbocycles. The lowest BCUT2D eigenvalue weighted by molar-refractivity contribution is -0.134. The standard InChI is InChI=1S/C16H30N4O4/c1-5-24-16(23)20-12-10-19(11-13-20)15(22)6-7-18(14(2)21)9-8-17(3)4/h5-13H2,1-4H3. The van der Waals surface area contributed by atoms with Gasteiger partial charge < -0.3 is 24.3 Å². The maximum atomic E-state index is 12.3. The van der Waals surface area contributed by atoms with Crippen molar-refractivity contribution in [3.8, 4) is 0 Å². The van der Waals surface area contributed by atoms with Crippen LogP contribution in [0.2, 0.25) is 0 Å². The molecule has 3 amide bonds. The SMILES string of the molecule is CCOC(=O)N1CCN(C(=O)CCN(CCN(C)C)C(C)=O)CC1. The van der Waals surface area contributed by atoms with E-state index in [-0.39, 0.29) is 17.9 Å². The molecule has 138 valence electrons. The Bertz CT molecular complexity index is 434. The second kappa shape index (κ2) is 10.1. The number of hydrogen-bond acceptors (Lipinski definition) is 5. The van der Waals surface area contributed by atoms with Crippen LogP contribution in [-0.2, 0) is 14.3 Å². The summed E-state index contributed by atoms with van der Waals surface area (Å²) in [6, 6.07) is 0. The molecule has 0 radical (unpaired) electrons. The quantitative estimate of drug-likeness (QED) is 0.655. The van der Waals surface area contributed by atoms with Gasteiger partial charge in [0.25, 0.3) is 0 Å². The van der Waals surface area contributed by atoms with Crippen LogP contribution in [0.5, 0.6) is 0 Å². The molecule has 0 aromatic rings. The summed E-state index contributed by atoms with van der Waals surface area (Å²) in [5, 5.41) is 0. The van der Waals surface area contributed by atoms with Gasteiger partial charge in [0.15, 0.2) is 0 Å². The lowest BCUT2D eigenvalue weighted by atomic mass is 10.2. The van der Waals surface area contributed by atoms with Gasteiger partial charge in [-0.15, -0.1) is 0 Å². The van der Waals surface area contributed by atoms with Crippen LogP contribution in [0.1, 0.15) is 20.3 Å². The van der Waals surface area contributed by atoms with Gasteiger partial charge in [-0.25, -0.2) is 4.79 Å². The predicted molar refractivity (Wildman–Crippen MR) is 90.6 cm³/mol. The van der Waals surface area contributed by atoms with Crippen LogP contribution in [-0.4, -0.2) is 104 Å². The van der Waals surface area contributed by atoms with E-state index in [9.17, 15) is 14.4 Å². The molecule has 0 aromatic heterocycles. The van der Waals surface area contributed by atoms with E-state index in [0.29, 0.717) is 52.3 Å². The molecule has 8 heteroatoms. The van der Waals surface area contributed by atoms with Crippen LogP contribution >= 0.6 is 0 Å². The van der Waals surface area contributed by atoms with E-state index in [1.165, 1.54) is 6.92 Å². The zero-order valence-electron chi connectivity index (χ0n) is 15.3. The van der Waals surface area contributed by atoms with Gasteiger partial charge in [-0.05, 0) is 21.0 Å². The first-order valence-corrected chi connectivity index (χ1v) is 8.44. The molecular formula is C16H30N4O4. The summed E-state index contributed by atoms with van der Waals surface area (Å²) in [5.41, 5.74) is 0. The molecule has 1 saturated heterocycles. The maximum Gasteiger partial charge on any atom is 0.409 e. The van der Waals surface area contributed by atoms with Crippen LogP contribution in [0.3, 0.4) is 0 Å². The lowest BCUT2D eigenvalue weighted by Crippen LogP contribution is -2.51. The molecule has 0 atom stereocenters. The van der Waals surface area contributed by atoms with Crippen molar-refractivity contribution in [2.24, 2.45) is 0 Å². The first-order valence-electron chi connectivity index (χ1n) is 8.44. The zero-order valence-corrected chi connectivity index (χ0v) is 15.3. The van der Waals surface area contributed by atoms with Crippen molar-refractivity contribution >= 4 is 17.9 Å². The Morgan fingerprint density at radius 2 is 1.54 bits per heavy atom. The molecule has 1 rings (SSSR count). The van der Waals surface area contributed by atoms with Gasteiger partial charge in [-0.1, -0.05) is 0 Å². The third-order valence-electron chi connectivity index (χ3n) is 4.02. The highest BCUT2D eigenvalue weighted by Crippen LogP contribution is 2.06. The number of rotatable bonds is 7. The Kier molecular flexibility index (Phi) is 8.53. The molecule has 0 aromatic carbocycles. The molecule has 1 aliphatic rings. The summed E-state index contributed by atoms with van der Waals surface area (Å²) in [5.74, 6) is 0.00592. The van der Waals surface area contributed by atoms with Crippen LogP contribution in [0.15, 0.2) is 0 Å². The minimum atomic E-state index is -0.323. The van der Waals surface area contributed by atoms with E-state index in [4.69, 9.17) is 4.74 Å². The second-order valence-electron chi connectivity index (χ2n) is 6.13. The van der Waals surface area contributed by atoms with Gasteiger partial charge in [-0.2, -0.15) is 0 Å². The van der Waals surface area contributed by atoms with Crippen molar-refractivity contribution in [3.63, 3.8) is 0 Å². The second-order valence-corrected chi connectivity index (χ2v) is 6.13. The molecular weight excluding hydrogens is 312 g/mol. The number of ether oxygens (including phenoxy) is 1. The number of carbonyl (C=O) groups excluding carboxylic acids is 3. The Balaban J connectivity index is 2.37. The first kappa shape index (κ1) is 20.2. The van der Waals surface area contributed by atoms with E-state index < -0.39 is 0 Å². The third kappa shape index (κ3) is 6.74. The highest BCUT2D eigenvalue weighted by Gasteiger charge is 2.25. The average Bonchev–Trinajstić information content (AvgIpc) is 2.54. The molecule has 1 heterocycles. The Hall–Kier alpha value is -1.83. The summed E-state index contributed by atoms with van der Waals surface area (Å²) in [6.45, 7) is 7.46. The summed E-state index contributed by atoms with van der Waals surface area (Å²) < 4.78 is 4.96. The monoisotopic (exact) mass is 342 g/mol. The summed E-state index contributed by atoms with van der Waals surface area (Å²) in [6.07, 6.45) is -0.0112. The molecule has 24 heavy (non-hydrogen) atoms. The normalized spacial score (nSPS) is 14.7. The Morgan fingerprint density at radius 1 is 0.958 bits per heavy atom. The predicted octanol–water partition coefficient (Wildman–Crippen LogP) is 0.0873. The number of amides is 3. The highest BCUT2D eigenvalue weighted by atomic mass is 16.6. The van der Waals surface area contributed by atoms with Gasteiger partial charge in [0.1, 0.15) is 0 Å². The van der Waals surface area contributed by atoms with Crippen LogP contribution in [0.4, 0.5) is 4.79 Å². The number of hydrogen-bond donors (Lipinski definition) is 0. The first-order chi connectivity index (χ1) is 11.3. The van der Waals surface area contributed by atoms with Gasteiger partial charge in [0.2, 0.25) is 11.8 Å². The van der Waals surface area contributed by atoms with Gasteiger partial charge in [0, 0.05) is 59.2 Å². The van der Waals surface area contributed by atoms with Crippen LogP contribution < -0.4 is 0 Å². The average molecular weight is 342 g/mol. The fourth-order valence-electron chi connectivity index (χ4n) is 2.49. The molecule has 0 unspecified atom stereocenters. The van der Waals surface area contributed by atoms with Crippen molar-refractivity contribution in [2.75, 3.05) is 66.5 Å². The van der Waals surface area contributed by atoms with Crippen molar-refractivity contribution in [1.29, 1.82) is 0 Å². The van der Waals surface area contributed by atoms with E-state index >= 15 is 0 Å². The fourth-order valence-corrected chi connectivity index (χ4v) is 2.49. The van der Waals surface area contributed by atoms with Crippen molar-refractivity contribution < 1.29 is 19.1 Å². The van der Waals surface area contributed by atoms with Crippen LogP contribution in [0.25, 0.3) is 0 Å². The number of likely N-dealkylation sites (N-methyl/N-ethyl adjacent to an activating group) is 1. The number of piperazine rings is 1. The molecule has 0 saturated carbocycles. The number of carbonyl (C=O) groups is 3. The molecule has 0 N–H and O–H groups in total. The van der Waals surface area contributed by atoms with Gasteiger partial charge >= 0.3 is 6.09 Å². The van der Waals surface area contributed by atoms with E-state index in [1.807, 2.05) is 19.0 Å². The lowest BCUT2D eigenvalue weighted by Gasteiger charge is -2.34. The van der Waals surface area contributed by atoms with Gasteiger partial charge in [0.05, 0.1) is 6.61 Å². The van der Waals surface area contributed by atoms with Crippen molar-refractivity contribution in [1.82, 2.24) is 19.6 Å². The smallest absolute Gasteiger partial charge is 0.409 e. The van der Waals surface area contributed by atoms with Crippen molar-refractivity contribution in [2.45, 2.75) is 20.3 Å².